The van der Waals surface area contributed by atoms with Crippen molar-refractivity contribution in [2.24, 2.45) is 0 Å². The Morgan fingerprint density at radius 1 is 1.19 bits per heavy atom. The molecule has 2 aromatic heterocycles. The number of rotatable bonds is 7. The number of hydrogen-bond donors (Lipinski definition) is 2. The molecular formula is C17H19N5O4S. The minimum absolute atomic E-state index is 0.225. The van der Waals surface area contributed by atoms with Gasteiger partial charge in [0.15, 0.2) is 5.65 Å². The summed E-state index contributed by atoms with van der Waals surface area (Å²) in [4.78, 5) is 24.4. The molecule has 0 fully saturated rings. The van der Waals surface area contributed by atoms with Gasteiger partial charge in [-0.1, -0.05) is 12.1 Å². The number of sulfonamides is 1. The van der Waals surface area contributed by atoms with Gasteiger partial charge >= 0.3 is 5.69 Å². The van der Waals surface area contributed by atoms with E-state index in [0.717, 1.165) is 6.26 Å². The molecule has 0 saturated carbocycles. The lowest BCUT2D eigenvalue weighted by Gasteiger charge is -2.08. The number of hydrogen-bond acceptors (Lipinski definition) is 5. The maximum absolute atomic E-state index is 12.2. The highest BCUT2D eigenvalue weighted by Gasteiger charge is 2.09. The summed E-state index contributed by atoms with van der Waals surface area (Å²) < 4.78 is 27.7. The van der Waals surface area contributed by atoms with Crippen molar-refractivity contribution in [3.8, 4) is 0 Å². The molecule has 2 heterocycles. The van der Waals surface area contributed by atoms with Crippen LogP contribution >= 0.6 is 0 Å². The van der Waals surface area contributed by atoms with E-state index in [1.165, 1.54) is 15.1 Å². The maximum Gasteiger partial charge on any atom is 0.350 e. The largest absolute Gasteiger partial charge is 0.352 e. The van der Waals surface area contributed by atoms with Gasteiger partial charge in [-0.25, -0.2) is 17.9 Å². The molecule has 0 aliphatic heterocycles. The van der Waals surface area contributed by atoms with Gasteiger partial charge in [0, 0.05) is 30.5 Å². The van der Waals surface area contributed by atoms with E-state index < -0.39 is 10.0 Å². The third kappa shape index (κ3) is 4.73. The number of carbonyl (C=O) groups is 1. The second kappa shape index (κ2) is 7.62. The summed E-state index contributed by atoms with van der Waals surface area (Å²) >= 11 is 0. The molecule has 27 heavy (non-hydrogen) atoms. The van der Waals surface area contributed by atoms with Crippen LogP contribution < -0.4 is 15.7 Å². The third-order valence-corrected chi connectivity index (χ3v) is 4.36. The first-order valence-electron chi connectivity index (χ1n) is 8.24. The van der Waals surface area contributed by atoms with Crippen molar-refractivity contribution < 1.29 is 13.2 Å². The normalized spacial score (nSPS) is 11.4. The second-order valence-electron chi connectivity index (χ2n) is 6.00. The topological polar surface area (TPSA) is 115 Å². The van der Waals surface area contributed by atoms with E-state index in [1.54, 1.807) is 42.6 Å². The Bertz CT molecular complexity index is 1130. The van der Waals surface area contributed by atoms with Gasteiger partial charge in [0.2, 0.25) is 10.0 Å². The van der Waals surface area contributed by atoms with Crippen LogP contribution in [0, 0.1) is 0 Å². The van der Waals surface area contributed by atoms with Crippen LogP contribution in [-0.2, 0) is 16.6 Å². The second-order valence-corrected chi connectivity index (χ2v) is 7.75. The Balaban J connectivity index is 1.56. The molecule has 0 atom stereocenters. The van der Waals surface area contributed by atoms with Crippen molar-refractivity contribution in [2.75, 3.05) is 17.5 Å². The lowest BCUT2D eigenvalue weighted by molar-refractivity contribution is 0.0952. The zero-order valence-corrected chi connectivity index (χ0v) is 15.4. The van der Waals surface area contributed by atoms with Gasteiger partial charge in [-0.2, -0.15) is 0 Å². The number of fused-ring (bicyclic) bond motifs is 1. The maximum atomic E-state index is 12.2. The quantitative estimate of drug-likeness (QED) is 0.577. The average molecular weight is 389 g/mol. The third-order valence-electron chi connectivity index (χ3n) is 3.75. The van der Waals surface area contributed by atoms with Crippen LogP contribution in [0.2, 0.25) is 0 Å². The van der Waals surface area contributed by atoms with Crippen molar-refractivity contribution in [3.05, 3.63) is 64.7 Å². The van der Waals surface area contributed by atoms with E-state index in [0.29, 0.717) is 36.4 Å². The predicted molar refractivity (Wildman–Crippen MR) is 101 cm³/mol. The summed E-state index contributed by atoms with van der Waals surface area (Å²) in [6.07, 6.45) is 3.22. The lowest BCUT2D eigenvalue weighted by atomic mass is 10.2. The Kier molecular flexibility index (Phi) is 5.26. The molecule has 1 aromatic carbocycles. The molecule has 0 unspecified atom stereocenters. The first-order chi connectivity index (χ1) is 12.8. The Morgan fingerprint density at radius 3 is 2.74 bits per heavy atom. The SMILES string of the molecule is CS(=O)(=O)Nc1cccc(C(=O)NCCCn2nc3ccccn3c2=O)c1. The number of anilines is 1. The fourth-order valence-electron chi connectivity index (χ4n) is 2.58. The standard InChI is InChI=1S/C17H19N5O4S/c1-27(25,26)20-14-7-4-6-13(12-14)16(23)18-9-5-11-22-17(24)21-10-3-2-8-15(21)19-22/h2-4,6-8,10,12,20H,5,9,11H2,1H3,(H,18,23). The zero-order valence-electron chi connectivity index (χ0n) is 14.6. The molecule has 0 bridgehead atoms. The summed E-state index contributed by atoms with van der Waals surface area (Å²) in [7, 11) is -3.41. The summed E-state index contributed by atoms with van der Waals surface area (Å²) in [6, 6.07) is 11.5. The van der Waals surface area contributed by atoms with E-state index >= 15 is 0 Å². The number of carbonyl (C=O) groups excluding carboxylic acids is 1. The van der Waals surface area contributed by atoms with Gasteiger partial charge < -0.3 is 5.32 Å². The summed E-state index contributed by atoms with van der Waals surface area (Å²) in [5, 5.41) is 6.97. The molecule has 0 saturated heterocycles. The molecule has 10 heteroatoms. The predicted octanol–water partition coefficient (Wildman–Crippen LogP) is 0.688. The molecular weight excluding hydrogens is 370 g/mol. The Hall–Kier alpha value is -3.14. The Labute approximate surface area is 155 Å². The van der Waals surface area contributed by atoms with Crippen LogP contribution in [0.5, 0.6) is 0 Å². The number of amides is 1. The highest BCUT2D eigenvalue weighted by atomic mass is 32.2. The minimum Gasteiger partial charge on any atom is -0.352 e. The zero-order chi connectivity index (χ0) is 19.4. The highest BCUT2D eigenvalue weighted by Crippen LogP contribution is 2.11. The van der Waals surface area contributed by atoms with Gasteiger partial charge in [0.1, 0.15) is 0 Å². The molecule has 2 N–H and O–H groups in total. The molecule has 0 radical (unpaired) electrons. The molecule has 1 amide bonds. The van der Waals surface area contributed by atoms with Crippen LogP contribution in [0.3, 0.4) is 0 Å². The van der Waals surface area contributed by atoms with Gasteiger partial charge in [0.25, 0.3) is 5.91 Å². The van der Waals surface area contributed by atoms with Crippen molar-refractivity contribution in [1.29, 1.82) is 0 Å². The Morgan fingerprint density at radius 2 is 2.00 bits per heavy atom. The fourth-order valence-corrected chi connectivity index (χ4v) is 3.14. The number of nitrogens with one attached hydrogen (secondary N) is 2. The number of pyridine rings is 1. The van der Waals surface area contributed by atoms with Crippen LogP contribution in [0.4, 0.5) is 5.69 Å². The van der Waals surface area contributed by atoms with E-state index in [4.69, 9.17) is 0 Å². The van der Waals surface area contributed by atoms with Crippen molar-refractivity contribution >= 4 is 27.3 Å². The van der Waals surface area contributed by atoms with E-state index in [1.807, 2.05) is 0 Å². The first kappa shape index (κ1) is 18.6. The van der Waals surface area contributed by atoms with Gasteiger partial charge in [-0.15, -0.1) is 5.10 Å². The average Bonchev–Trinajstić information content (AvgIpc) is 2.94. The van der Waals surface area contributed by atoms with Crippen LogP contribution in [0.1, 0.15) is 16.8 Å². The molecule has 0 spiro atoms. The van der Waals surface area contributed by atoms with Crippen molar-refractivity contribution in [3.63, 3.8) is 0 Å². The van der Waals surface area contributed by atoms with Gasteiger partial charge in [-0.05, 0) is 36.8 Å². The van der Waals surface area contributed by atoms with Crippen molar-refractivity contribution in [1.82, 2.24) is 19.5 Å². The number of aryl methyl sites for hydroxylation is 1. The molecule has 142 valence electrons. The number of nitrogens with zero attached hydrogens (tertiary/aromatic N) is 3. The monoisotopic (exact) mass is 389 g/mol. The minimum atomic E-state index is -3.41. The number of aromatic nitrogens is 3. The van der Waals surface area contributed by atoms with E-state index in [-0.39, 0.29) is 11.6 Å². The van der Waals surface area contributed by atoms with E-state index in [2.05, 4.69) is 15.1 Å². The van der Waals surface area contributed by atoms with Crippen LogP contribution in [0.25, 0.3) is 5.65 Å². The first-order valence-corrected chi connectivity index (χ1v) is 10.1. The van der Waals surface area contributed by atoms with E-state index in [9.17, 15) is 18.0 Å². The van der Waals surface area contributed by atoms with Crippen LogP contribution in [-0.4, -0.2) is 41.3 Å². The molecule has 0 aliphatic carbocycles. The molecule has 9 nitrogen and oxygen atoms in total. The smallest absolute Gasteiger partial charge is 0.350 e. The van der Waals surface area contributed by atoms with Crippen molar-refractivity contribution in [2.45, 2.75) is 13.0 Å². The summed E-state index contributed by atoms with van der Waals surface area (Å²) in [5.74, 6) is -0.325. The highest BCUT2D eigenvalue weighted by molar-refractivity contribution is 7.92. The van der Waals surface area contributed by atoms with Gasteiger partial charge in [0.05, 0.1) is 6.26 Å². The summed E-state index contributed by atoms with van der Waals surface area (Å²) in [5.41, 5.74) is 1.01. The molecule has 3 aromatic rings. The van der Waals surface area contributed by atoms with Crippen LogP contribution in [0.15, 0.2) is 53.5 Å². The molecule has 0 aliphatic rings. The lowest BCUT2D eigenvalue weighted by Crippen LogP contribution is -2.27. The summed E-state index contributed by atoms with van der Waals surface area (Å²) in [6.45, 7) is 0.722. The van der Waals surface area contributed by atoms with Gasteiger partial charge in [-0.3, -0.25) is 13.9 Å². The fraction of sp³-hybridized carbons (Fsp3) is 0.235. The molecule has 3 rings (SSSR count). The number of benzene rings is 1.